The van der Waals surface area contributed by atoms with Crippen molar-refractivity contribution in [2.24, 2.45) is 0 Å². The Morgan fingerprint density at radius 2 is 2.28 bits per heavy atom. The van der Waals surface area contributed by atoms with Gasteiger partial charge in [-0.25, -0.2) is 4.39 Å². The number of carbonyl (C=O) groups is 1. The molecule has 3 nitrogen and oxygen atoms in total. The van der Waals surface area contributed by atoms with E-state index in [1.165, 1.54) is 5.56 Å². The maximum atomic E-state index is 13.8. The van der Waals surface area contributed by atoms with Crippen LogP contribution >= 0.6 is 0 Å². The molecule has 1 aromatic rings. The molecule has 1 aromatic carbocycles. The van der Waals surface area contributed by atoms with Crippen molar-refractivity contribution in [2.75, 3.05) is 13.2 Å². The summed E-state index contributed by atoms with van der Waals surface area (Å²) in [4.78, 5) is 11.3. The molecule has 98 valence electrons. The van der Waals surface area contributed by atoms with E-state index in [4.69, 9.17) is 4.74 Å². The van der Waals surface area contributed by atoms with Gasteiger partial charge in [0.1, 0.15) is 5.82 Å². The van der Waals surface area contributed by atoms with Gasteiger partial charge in [-0.15, -0.1) is 0 Å². The lowest BCUT2D eigenvalue weighted by molar-refractivity contribution is -0.143. The summed E-state index contributed by atoms with van der Waals surface area (Å²) in [5.41, 5.74) is 2.83. The summed E-state index contributed by atoms with van der Waals surface area (Å²) < 4.78 is 18.7. The molecule has 0 spiro atoms. The molecule has 0 fully saturated rings. The van der Waals surface area contributed by atoms with Gasteiger partial charge in [0.15, 0.2) is 0 Å². The fraction of sp³-hybridized carbons (Fsp3) is 0.500. The van der Waals surface area contributed by atoms with Gasteiger partial charge in [-0.05, 0) is 49.1 Å². The Balaban J connectivity index is 2.06. The van der Waals surface area contributed by atoms with E-state index in [0.717, 1.165) is 25.1 Å². The van der Waals surface area contributed by atoms with Gasteiger partial charge in [0.25, 0.3) is 0 Å². The second-order valence-corrected chi connectivity index (χ2v) is 4.44. The Morgan fingerprint density at radius 1 is 1.44 bits per heavy atom. The first-order valence-corrected chi connectivity index (χ1v) is 6.37. The molecular formula is C14H18FNO2. The minimum Gasteiger partial charge on any atom is -0.466 e. The van der Waals surface area contributed by atoms with Gasteiger partial charge in [-0.1, -0.05) is 6.07 Å². The maximum Gasteiger partial charge on any atom is 0.306 e. The largest absolute Gasteiger partial charge is 0.466 e. The van der Waals surface area contributed by atoms with Crippen LogP contribution in [-0.4, -0.2) is 19.1 Å². The summed E-state index contributed by atoms with van der Waals surface area (Å²) in [5.74, 6) is -0.488. The number of halogens is 1. The maximum absolute atomic E-state index is 13.8. The third-order valence-corrected chi connectivity index (χ3v) is 3.16. The first kappa shape index (κ1) is 13.0. The van der Waals surface area contributed by atoms with Crippen molar-refractivity contribution in [1.29, 1.82) is 0 Å². The summed E-state index contributed by atoms with van der Waals surface area (Å²) in [6.45, 7) is 3.79. The van der Waals surface area contributed by atoms with Crippen LogP contribution in [0.4, 0.5) is 4.39 Å². The molecule has 4 heteroatoms. The fourth-order valence-electron chi connectivity index (χ4n) is 2.22. The van der Waals surface area contributed by atoms with Gasteiger partial charge < -0.3 is 10.1 Å². The van der Waals surface area contributed by atoms with Crippen molar-refractivity contribution in [3.63, 3.8) is 0 Å². The van der Waals surface area contributed by atoms with E-state index in [1.807, 2.05) is 6.07 Å². The average molecular weight is 251 g/mol. The van der Waals surface area contributed by atoms with E-state index >= 15 is 0 Å². The lowest BCUT2D eigenvalue weighted by Crippen LogP contribution is -2.24. The molecule has 0 atom stereocenters. The number of esters is 1. The Kier molecular flexibility index (Phi) is 4.31. The molecule has 0 bridgehead atoms. The van der Waals surface area contributed by atoms with Crippen LogP contribution in [0.25, 0.3) is 0 Å². The minimum atomic E-state index is -0.267. The zero-order chi connectivity index (χ0) is 13.0. The molecule has 0 radical (unpaired) electrons. The molecule has 2 rings (SSSR count). The van der Waals surface area contributed by atoms with Crippen LogP contribution in [0.3, 0.4) is 0 Å². The minimum absolute atomic E-state index is 0.221. The molecule has 1 aliphatic heterocycles. The molecule has 0 aliphatic carbocycles. The number of ether oxygens (including phenoxy) is 1. The number of rotatable bonds is 4. The normalized spacial score (nSPS) is 14.1. The third kappa shape index (κ3) is 3.07. The average Bonchev–Trinajstić information content (AvgIpc) is 2.36. The zero-order valence-corrected chi connectivity index (χ0v) is 10.6. The first-order chi connectivity index (χ1) is 8.70. The van der Waals surface area contributed by atoms with E-state index in [2.05, 4.69) is 5.32 Å². The standard InChI is InChI=1S/C14H18FNO2/c1-2-18-14(17)4-3-11-7-10-5-6-16-9-12(10)8-13(11)15/h7-8,16H,2-6,9H2,1H3. The summed E-state index contributed by atoms with van der Waals surface area (Å²) in [7, 11) is 0. The van der Waals surface area contributed by atoms with Crippen LogP contribution in [0.15, 0.2) is 12.1 Å². The topological polar surface area (TPSA) is 38.3 Å². The molecule has 0 amide bonds. The monoisotopic (exact) mass is 251 g/mol. The highest BCUT2D eigenvalue weighted by Gasteiger charge is 2.14. The van der Waals surface area contributed by atoms with Crippen molar-refractivity contribution < 1.29 is 13.9 Å². The Labute approximate surface area is 106 Å². The number of hydrogen-bond donors (Lipinski definition) is 1. The second-order valence-electron chi connectivity index (χ2n) is 4.44. The molecule has 0 unspecified atom stereocenters. The highest BCUT2D eigenvalue weighted by atomic mass is 19.1. The zero-order valence-electron chi connectivity index (χ0n) is 10.6. The predicted octanol–water partition coefficient (Wildman–Crippen LogP) is 1.97. The Morgan fingerprint density at radius 3 is 3.06 bits per heavy atom. The first-order valence-electron chi connectivity index (χ1n) is 6.37. The smallest absolute Gasteiger partial charge is 0.306 e. The number of aryl methyl sites for hydroxylation is 1. The number of nitrogens with one attached hydrogen (secondary N) is 1. The summed E-state index contributed by atoms with van der Waals surface area (Å²) in [6.07, 6.45) is 1.56. The van der Waals surface area contributed by atoms with Crippen molar-refractivity contribution in [3.05, 3.63) is 34.6 Å². The summed E-state index contributed by atoms with van der Waals surface area (Å²) >= 11 is 0. The highest BCUT2D eigenvalue weighted by Crippen LogP contribution is 2.20. The Hall–Kier alpha value is -1.42. The number of benzene rings is 1. The van der Waals surface area contributed by atoms with Gasteiger partial charge in [-0.2, -0.15) is 0 Å². The number of hydrogen-bond acceptors (Lipinski definition) is 3. The molecule has 0 saturated carbocycles. The predicted molar refractivity (Wildman–Crippen MR) is 66.8 cm³/mol. The van der Waals surface area contributed by atoms with Crippen LogP contribution in [-0.2, 0) is 28.9 Å². The van der Waals surface area contributed by atoms with E-state index in [9.17, 15) is 9.18 Å². The molecular weight excluding hydrogens is 233 g/mol. The molecule has 18 heavy (non-hydrogen) atoms. The lowest BCUT2D eigenvalue weighted by Gasteiger charge is -2.18. The number of fused-ring (bicyclic) bond motifs is 1. The molecule has 1 heterocycles. The molecule has 1 aliphatic rings. The van der Waals surface area contributed by atoms with Gasteiger partial charge >= 0.3 is 5.97 Å². The van der Waals surface area contributed by atoms with Gasteiger partial charge in [0.05, 0.1) is 6.61 Å². The quantitative estimate of drug-likeness (QED) is 0.831. The van der Waals surface area contributed by atoms with Crippen molar-refractivity contribution in [3.8, 4) is 0 Å². The van der Waals surface area contributed by atoms with Crippen molar-refractivity contribution in [2.45, 2.75) is 32.7 Å². The van der Waals surface area contributed by atoms with Crippen LogP contribution in [0, 0.1) is 5.82 Å². The van der Waals surface area contributed by atoms with Crippen molar-refractivity contribution in [1.82, 2.24) is 5.32 Å². The SMILES string of the molecule is CCOC(=O)CCc1cc2c(cc1F)CNCC2. The van der Waals surface area contributed by atoms with E-state index in [1.54, 1.807) is 13.0 Å². The van der Waals surface area contributed by atoms with E-state index in [-0.39, 0.29) is 18.2 Å². The van der Waals surface area contributed by atoms with Gasteiger partial charge in [0.2, 0.25) is 0 Å². The summed E-state index contributed by atoms with van der Waals surface area (Å²) in [6, 6.07) is 3.48. The lowest BCUT2D eigenvalue weighted by atomic mass is 9.96. The Bertz CT molecular complexity index is 446. The van der Waals surface area contributed by atoms with Crippen LogP contribution < -0.4 is 5.32 Å². The van der Waals surface area contributed by atoms with Crippen LogP contribution in [0.2, 0.25) is 0 Å². The molecule has 0 saturated heterocycles. The molecule has 1 N–H and O–H groups in total. The van der Waals surface area contributed by atoms with E-state index < -0.39 is 0 Å². The second kappa shape index (κ2) is 5.96. The highest BCUT2D eigenvalue weighted by molar-refractivity contribution is 5.69. The van der Waals surface area contributed by atoms with Crippen molar-refractivity contribution >= 4 is 5.97 Å². The number of carbonyl (C=O) groups excluding carboxylic acids is 1. The fourth-order valence-corrected chi connectivity index (χ4v) is 2.22. The van der Waals surface area contributed by atoms with Crippen LogP contribution in [0.1, 0.15) is 30.0 Å². The van der Waals surface area contributed by atoms with Crippen LogP contribution in [0.5, 0.6) is 0 Å². The van der Waals surface area contributed by atoms with E-state index in [0.29, 0.717) is 18.6 Å². The van der Waals surface area contributed by atoms with Gasteiger partial charge in [0, 0.05) is 13.0 Å². The molecule has 0 aromatic heterocycles. The summed E-state index contributed by atoms with van der Waals surface area (Å²) in [5, 5.41) is 3.21. The third-order valence-electron chi connectivity index (χ3n) is 3.16. The van der Waals surface area contributed by atoms with Gasteiger partial charge in [-0.3, -0.25) is 4.79 Å².